The van der Waals surface area contributed by atoms with Crippen LogP contribution in [0.15, 0.2) is 37.1 Å². The lowest BCUT2D eigenvalue weighted by Gasteiger charge is -2.38. The molecule has 0 radical (unpaired) electrons. The first kappa shape index (κ1) is 17.0. The molecule has 4 rings (SSSR count). The second-order valence-electron chi connectivity index (χ2n) is 7.49. The van der Waals surface area contributed by atoms with Gasteiger partial charge in [0.05, 0.1) is 31.0 Å². The van der Waals surface area contributed by atoms with E-state index in [1.165, 1.54) is 0 Å². The lowest BCUT2D eigenvalue weighted by atomic mass is 9.75. The van der Waals surface area contributed by atoms with Gasteiger partial charge in [0.15, 0.2) is 0 Å². The Morgan fingerprint density at radius 2 is 2.27 bits per heavy atom. The Morgan fingerprint density at radius 3 is 2.81 bits per heavy atom. The highest BCUT2D eigenvalue weighted by molar-refractivity contribution is 5.85. The molecule has 26 heavy (non-hydrogen) atoms. The Labute approximate surface area is 152 Å². The molecule has 2 heterocycles. The molecule has 7 heteroatoms. The summed E-state index contributed by atoms with van der Waals surface area (Å²) in [6.45, 7) is 0.652. The summed E-state index contributed by atoms with van der Waals surface area (Å²) in [5.41, 5.74) is 0.607. The fraction of sp³-hybridized carbons (Fsp3) is 0.526. The molecule has 0 aromatic carbocycles. The summed E-state index contributed by atoms with van der Waals surface area (Å²) in [5, 5.41) is 13.0. The van der Waals surface area contributed by atoms with Gasteiger partial charge in [-0.3, -0.25) is 4.79 Å². The van der Waals surface area contributed by atoms with Crippen LogP contribution in [0.2, 0.25) is 0 Å². The van der Waals surface area contributed by atoms with Gasteiger partial charge in [-0.15, -0.1) is 0 Å². The SMILES string of the molecule is COc1ccc(C(NC(=O)C2(Cn3ccnc3)CC2)C2CC(O)C2)cn1. The van der Waals surface area contributed by atoms with Gasteiger partial charge in [0.25, 0.3) is 0 Å². The molecule has 0 bridgehead atoms. The first-order valence-corrected chi connectivity index (χ1v) is 9.04. The van der Waals surface area contributed by atoms with Gasteiger partial charge >= 0.3 is 0 Å². The van der Waals surface area contributed by atoms with Crippen LogP contribution in [0.4, 0.5) is 0 Å². The Balaban J connectivity index is 1.50. The number of hydrogen-bond donors (Lipinski definition) is 2. The van der Waals surface area contributed by atoms with Gasteiger partial charge in [-0.05, 0) is 37.2 Å². The highest BCUT2D eigenvalue weighted by atomic mass is 16.5. The number of rotatable bonds is 7. The van der Waals surface area contributed by atoms with E-state index in [1.54, 1.807) is 25.8 Å². The molecule has 0 saturated heterocycles. The van der Waals surface area contributed by atoms with Gasteiger partial charge in [0.2, 0.25) is 11.8 Å². The molecule has 2 aromatic rings. The van der Waals surface area contributed by atoms with Crippen LogP contribution in [-0.4, -0.2) is 38.8 Å². The van der Waals surface area contributed by atoms with Crippen LogP contribution in [0.5, 0.6) is 5.88 Å². The topological polar surface area (TPSA) is 89.3 Å². The predicted octanol–water partition coefficient (Wildman–Crippen LogP) is 1.70. The van der Waals surface area contributed by atoms with Crippen molar-refractivity contribution in [1.29, 1.82) is 0 Å². The van der Waals surface area contributed by atoms with Crippen LogP contribution < -0.4 is 10.1 Å². The molecule has 2 fully saturated rings. The number of hydrogen-bond acceptors (Lipinski definition) is 5. The number of methoxy groups -OCH3 is 1. The van der Waals surface area contributed by atoms with Crippen molar-refractivity contribution < 1.29 is 14.6 Å². The van der Waals surface area contributed by atoms with E-state index in [2.05, 4.69) is 15.3 Å². The van der Waals surface area contributed by atoms with Gasteiger partial charge in [-0.2, -0.15) is 0 Å². The molecule has 138 valence electrons. The summed E-state index contributed by atoms with van der Waals surface area (Å²) in [6.07, 6.45) is 10.0. The third-order valence-corrected chi connectivity index (χ3v) is 5.61. The normalized spacial score (nSPS) is 24.4. The highest BCUT2D eigenvalue weighted by Crippen LogP contribution is 2.48. The number of nitrogens with zero attached hydrogens (tertiary/aromatic N) is 3. The molecule has 7 nitrogen and oxygen atoms in total. The first-order valence-electron chi connectivity index (χ1n) is 9.04. The van der Waals surface area contributed by atoms with E-state index in [1.807, 2.05) is 22.9 Å². The van der Waals surface area contributed by atoms with Crippen LogP contribution in [-0.2, 0) is 11.3 Å². The summed E-state index contributed by atoms with van der Waals surface area (Å²) >= 11 is 0. The van der Waals surface area contributed by atoms with Crippen LogP contribution >= 0.6 is 0 Å². The maximum Gasteiger partial charge on any atom is 0.228 e. The van der Waals surface area contributed by atoms with E-state index in [4.69, 9.17) is 4.74 Å². The van der Waals surface area contributed by atoms with Crippen LogP contribution in [0.25, 0.3) is 0 Å². The summed E-state index contributed by atoms with van der Waals surface area (Å²) in [4.78, 5) is 21.4. The minimum Gasteiger partial charge on any atom is -0.481 e. The summed E-state index contributed by atoms with van der Waals surface area (Å²) in [7, 11) is 1.58. The average Bonchev–Trinajstić information content (AvgIpc) is 3.23. The van der Waals surface area contributed by atoms with Crippen LogP contribution in [0, 0.1) is 11.3 Å². The number of carbonyl (C=O) groups is 1. The van der Waals surface area contributed by atoms with Crippen molar-refractivity contribution in [2.45, 2.75) is 44.4 Å². The molecular formula is C19H24N4O3. The van der Waals surface area contributed by atoms with Crippen molar-refractivity contribution in [1.82, 2.24) is 19.9 Å². The molecule has 0 spiro atoms. The predicted molar refractivity (Wildman–Crippen MR) is 94.3 cm³/mol. The molecule has 0 aliphatic heterocycles. The monoisotopic (exact) mass is 356 g/mol. The summed E-state index contributed by atoms with van der Waals surface area (Å²) in [5.74, 6) is 0.854. The van der Waals surface area contributed by atoms with Gasteiger partial charge in [-0.1, -0.05) is 6.07 Å². The van der Waals surface area contributed by atoms with E-state index in [-0.39, 0.29) is 29.4 Å². The zero-order chi connectivity index (χ0) is 18.1. The van der Waals surface area contributed by atoms with Gasteiger partial charge in [-0.25, -0.2) is 9.97 Å². The standard InChI is InChI=1S/C19H24N4O3/c1-26-16-3-2-13(10-21-16)17(14-8-15(24)9-14)22-18(25)19(4-5-19)11-23-7-6-20-12-23/h2-3,6-7,10,12,14-15,17,24H,4-5,8-9,11H2,1H3,(H,22,25). The maximum atomic E-state index is 13.0. The third kappa shape index (κ3) is 3.31. The maximum absolute atomic E-state index is 13.0. The van der Waals surface area contributed by atoms with Crippen LogP contribution in [0.1, 0.15) is 37.3 Å². The van der Waals surface area contributed by atoms with Gasteiger partial charge in [0.1, 0.15) is 0 Å². The molecule has 2 saturated carbocycles. The Bertz CT molecular complexity index is 750. The average molecular weight is 356 g/mol. The fourth-order valence-electron chi connectivity index (χ4n) is 3.70. The number of aliphatic hydroxyl groups excluding tert-OH is 1. The molecule has 1 atom stereocenters. The summed E-state index contributed by atoms with van der Waals surface area (Å²) in [6, 6.07) is 3.61. The lowest BCUT2D eigenvalue weighted by molar-refractivity contribution is -0.128. The Kier molecular flexibility index (Phi) is 4.40. The number of imidazole rings is 1. The van der Waals surface area contributed by atoms with E-state index >= 15 is 0 Å². The van der Waals surface area contributed by atoms with E-state index in [0.717, 1.165) is 18.4 Å². The zero-order valence-corrected chi connectivity index (χ0v) is 14.8. The third-order valence-electron chi connectivity index (χ3n) is 5.61. The van der Waals surface area contributed by atoms with Crippen molar-refractivity contribution >= 4 is 5.91 Å². The number of nitrogens with one attached hydrogen (secondary N) is 1. The molecule has 2 aliphatic rings. The molecule has 2 aromatic heterocycles. The van der Waals surface area contributed by atoms with Crippen molar-refractivity contribution in [3.8, 4) is 5.88 Å². The molecule has 1 amide bonds. The molecule has 1 unspecified atom stereocenters. The zero-order valence-electron chi connectivity index (χ0n) is 14.8. The molecule has 2 aliphatic carbocycles. The largest absolute Gasteiger partial charge is 0.481 e. The first-order chi connectivity index (χ1) is 12.6. The number of carbonyl (C=O) groups excluding carboxylic acids is 1. The van der Waals surface area contributed by atoms with Crippen molar-refractivity contribution in [3.63, 3.8) is 0 Å². The highest BCUT2D eigenvalue weighted by Gasteiger charge is 2.51. The Morgan fingerprint density at radius 1 is 1.46 bits per heavy atom. The second-order valence-corrected chi connectivity index (χ2v) is 7.49. The fourth-order valence-corrected chi connectivity index (χ4v) is 3.70. The van der Waals surface area contributed by atoms with Crippen molar-refractivity contribution in [3.05, 3.63) is 42.6 Å². The minimum absolute atomic E-state index is 0.0772. The second kappa shape index (κ2) is 6.72. The van der Waals surface area contributed by atoms with E-state index in [9.17, 15) is 9.90 Å². The number of pyridine rings is 1. The number of amides is 1. The van der Waals surface area contributed by atoms with E-state index in [0.29, 0.717) is 25.3 Å². The number of aromatic nitrogens is 3. The van der Waals surface area contributed by atoms with Gasteiger partial charge in [0, 0.05) is 31.2 Å². The van der Waals surface area contributed by atoms with Gasteiger partial charge < -0.3 is 19.7 Å². The van der Waals surface area contributed by atoms with Crippen LogP contribution in [0.3, 0.4) is 0 Å². The van der Waals surface area contributed by atoms with Crippen molar-refractivity contribution in [2.75, 3.05) is 7.11 Å². The van der Waals surface area contributed by atoms with Crippen molar-refractivity contribution in [2.24, 2.45) is 11.3 Å². The minimum atomic E-state index is -0.346. The number of aliphatic hydroxyl groups is 1. The number of ether oxygens (including phenoxy) is 1. The molecule has 2 N–H and O–H groups in total. The summed E-state index contributed by atoms with van der Waals surface area (Å²) < 4.78 is 7.09. The lowest BCUT2D eigenvalue weighted by Crippen LogP contribution is -2.44. The molecular weight excluding hydrogens is 332 g/mol. The van der Waals surface area contributed by atoms with E-state index < -0.39 is 0 Å². The quantitative estimate of drug-likeness (QED) is 0.788. The Hall–Kier alpha value is -2.41. The smallest absolute Gasteiger partial charge is 0.228 e.